The van der Waals surface area contributed by atoms with E-state index in [1.54, 1.807) is 11.1 Å². The third-order valence-corrected chi connectivity index (χ3v) is 3.49. The van der Waals surface area contributed by atoms with Gasteiger partial charge < -0.3 is 10.2 Å². The van der Waals surface area contributed by atoms with Gasteiger partial charge in [-0.1, -0.05) is 54.1 Å². The van der Waals surface area contributed by atoms with Gasteiger partial charge in [0.1, 0.15) is 0 Å². The number of hydrogen-bond donors (Lipinski definition) is 1. The molecule has 0 aliphatic heterocycles. The zero-order valence-electron chi connectivity index (χ0n) is 12.5. The Hall–Kier alpha value is -2.26. The second kappa shape index (κ2) is 8.25. The smallest absolute Gasteiger partial charge is 0.321 e. The third-order valence-electron chi connectivity index (χ3n) is 3.24. The minimum absolute atomic E-state index is 0.114. The lowest BCUT2D eigenvalue weighted by atomic mass is 10.2. The van der Waals surface area contributed by atoms with Crippen molar-refractivity contribution in [1.82, 2.24) is 10.2 Å². The molecular weight excluding hydrogens is 296 g/mol. The Balaban J connectivity index is 1.90. The van der Waals surface area contributed by atoms with E-state index >= 15 is 0 Å². The number of carbonyl (C=O) groups is 1. The first-order valence-electron chi connectivity index (χ1n) is 7.20. The molecule has 3 nitrogen and oxygen atoms in total. The molecule has 0 unspecified atom stereocenters. The summed E-state index contributed by atoms with van der Waals surface area (Å²) in [4.78, 5) is 13.9. The van der Waals surface area contributed by atoms with Crippen LogP contribution in [0.5, 0.6) is 0 Å². The fourth-order valence-electron chi connectivity index (χ4n) is 2.01. The van der Waals surface area contributed by atoms with Crippen LogP contribution in [0.15, 0.2) is 60.8 Å². The van der Waals surface area contributed by atoms with Gasteiger partial charge in [0.05, 0.1) is 0 Å². The molecule has 4 heteroatoms. The average molecular weight is 315 g/mol. The molecule has 1 N–H and O–H groups in total. The van der Waals surface area contributed by atoms with Crippen LogP contribution in [0.1, 0.15) is 18.1 Å². The van der Waals surface area contributed by atoms with Crippen molar-refractivity contribution in [2.24, 2.45) is 0 Å². The van der Waals surface area contributed by atoms with E-state index < -0.39 is 0 Å². The molecule has 0 aliphatic carbocycles. The molecule has 0 heterocycles. The van der Waals surface area contributed by atoms with Gasteiger partial charge in [0.2, 0.25) is 0 Å². The first-order valence-corrected chi connectivity index (χ1v) is 7.58. The van der Waals surface area contributed by atoms with Crippen molar-refractivity contribution >= 4 is 23.7 Å². The molecular formula is C18H19ClN2O. The lowest BCUT2D eigenvalue weighted by Gasteiger charge is -2.20. The van der Waals surface area contributed by atoms with Crippen LogP contribution in [0.25, 0.3) is 6.08 Å². The zero-order chi connectivity index (χ0) is 15.8. The largest absolute Gasteiger partial charge is 0.321 e. The van der Waals surface area contributed by atoms with Crippen LogP contribution < -0.4 is 5.32 Å². The fourth-order valence-corrected chi connectivity index (χ4v) is 2.13. The van der Waals surface area contributed by atoms with Gasteiger partial charge in [-0.2, -0.15) is 0 Å². The normalized spacial score (nSPS) is 10.6. The van der Waals surface area contributed by atoms with Gasteiger partial charge in [0.15, 0.2) is 0 Å². The summed E-state index contributed by atoms with van der Waals surface area (Å²) in [6, 6.07) is 17.3. The second-order valence-corrected chi connectivity index (χ2v) is 5.27. The number of rotatable bonds is 5. The van der Waals surface area contributed by atoms with Gasteiger partial charge in [-0.05, 0) is 36.3 Å². The Bertz CT molecular complexity index is 623. The fraction of sp³-hybridized carbons (Fsp3) is 0.167. The van der Waals surface area contributed by atoms with Crippen molar-refractivity contribution < 1.29 is 4.79 Å². The van der Waals surface area contributed by atoms with Crippen LogP contribution in [0, 0.1) is 0 Å². The number of halogens is 1. The molecule has 0 saturated carbocycles. The van der Waals surface area contributed by atoms with E-state index in [0.717, 1.165) is 11.1 Å². The Morgan fingerprint density at radius 3 is 2.45 bits per heavy atom. The van der Waals surface area contributed by atoms with Crippen LogP contribution in [0.4, 0.5) is 4.79 Å². The SMILES string of the molecule is CCN(Cc1ccccc1)C(=O)N/C=C/c1ccc(Cl)cc1. The van der Waals surface area contributed by atoms with Gasteiger partial charge in [-0.15, -0.1) is 0 Å². The van der Waals surface area contributed by atoms with Crippen molar-refractivity contribution in [3.63, 3.8) is 0 Å². The monoisotopic (exact) mass is 314 g/mol. The van der Waals surface area contributed by atoms with Gasteiger partial charge in [-0.25, -0.2) is 4.79 Å². The molecule has 0 aromatic heterocycles. The first kappa shape index (κ1) is 16.1. The number of hydrogen-bond acceptors (Lipinski definition) is 1. The van der Waals surface area contributed by atoms with E-state index in [2.05, 4.69) is 5.32 Å². The highest BCUT2D eigenvalue weighted by molar-refractivity contribution is 6.30. The third kappa shape index (κ3) is 4.93. The van der Waals surface area contributed by atoms with Crippen molar-refractivity contribution in [3.8, 4) is 0 Å². The molecule has 22 heavy (non-hydrogen) atoms. The summed E-state index contributed by atoms with van der Waals surface area (Å²) in [5.74, 6) is 0. The molecule has 0 radical (unpaired) electrons. The van der Waals surface area contributed by atoms with E-state index in [0.29, 0.717) is 18.1 Å². The molecule has 0 spiro atoms. The molecule has 0 fully saturated rings. The summed E-state index contributed by atoms with van der Waals surface area (Å²) in [7, 11) is 0. The van der Waals surface area contributed by atoms with Crippen molar-refractivity contribution in [2.75, 3.05) is 6.54 Å². The first-order chi connectivity index (χ1) is 10.7. The number of nitrogens with zero attached hydrogens (tertiary/aromatic N) is 1. The van der Waals surface area contributed by atoms with Crippen LogP contribution in [0.3, 0.4) is 0 Å². The average Bonchev–Trinajstić information content (AvgIpc) is 2.55. The molecule has 0 bridgehead atoms. The predicted molar refractivity (Wildman–Crippen MR) is 91.5 cm³/mol. The number of carbonyl (C=O) groups excluding carboxylic acids is 1. The van der Waals surface area contributed by atoms with Crippen LogP contribution >= 0.6 is 11.6 Å². The van der Waals surface area contributed by atoms with Crippen LogP contribution in [0.2, 0.25) is 5.02 Å². The summed E-state index contributed by atoms with van der Waals surface area (Å²) < 4.78 is 0. The Morgan fingerprint density at radius 1 is 1.14 bits per heavy atom. The minimum atomic E-state index is -0.114. The van der Waals surface area contributed by atoms with Crippen molar-refractivity contribution in [3.05, 3.63) is 76.9 Å². The minimum Gasteiger partial charge on any atom is -0.321 e. The molecule has 2 rings (SSSR count). The summed E-state index contributed by atoms with van der Waals surface area (Å²) >= 11 is 5.83. The molecule has 2 aromatic rings. The highest BCUT2D eigenvalue weighted by Crippen LogP contribution is 2.10. The van der Waals surface area contributed by atoms with E-state index in [-0.39, 0.29) is 6.03 Å². The van der Waals surface area contributed by atoms with E-state index in [1.807, 2.05) is 67.6 Å². The number of amides is 2. The maximum Gasteiger partial charge on any atom is 0.321 e. The highest BCUT2D eigenvalue weighted by Gasteiger charge is 2.09. The maximum absolute atomic E-state index is 12.2. The lowest BCUT2D eigenvalue weighted by molar-refractivity contribution is 0.202. The molecule has 2 aromatic carbocycles. The zero-order valence-corrected chi connectivity index (χ0v) is 13.3. The lowest BCUT2D eigenvalue weighted by Crippen LogP contribution is -2.36. The summed E-state index contributed by atoms with van der Waals surface area (Å²) in [6.07, 6.45) is 3.49. The Morgan fingerprint density at radius 2 is 1.82 bits per heavy atom. The predicted octanol–water partition coefficient (Wildman–Crippen LogP) is 4.54. The van der Waals surface area contributed by atoms with Gasteiger partial charge in [-0.3, -0.25) is 0 Å². The summed E-state index contributed by atoms with van der Waals surface area (Å²) in [6.45, 7) is 3.21. The number of benzene rings is 2. The van der Waals surface area contributed by atoms with Gasteiger partial charge in [0, 0.05) is 24.3 Å². The standard InChI is InChI=1S/C18H19ClN2O/c1-2-21(14-16-6-4-3-5-7-16)18(22)20-13-12-15-8-10-17(19)11-9-15/h3-13H,2,14H2,1H3,(H,20,22)/b13-12+. The van der Waals surface area contributed by atoms with Crippen LogP contribution in [-0.4, -0.2) is 17.5 Å². The number of nitrogens with one attached hydrogen (secondary N) is 1. The molecule has 0 atom stereocenters. The van der Waals surface area contributed by atoms with E-state index in [4.69, 9.17) is 11.6 Å². The Labute approximate surface area is 136 Å². The van der Waals surface area contributed by atoms with E-state index in [9.17, 15) is 4.79 Å². The quantitative estimate of drug-likeness (QED) is 0.863. The molecule has 2 amide bonds. The van der Waals surface area contributed by atoms with Gasteiger partial charge in [0.25, 0.3) is 0 Å². The molecule has 114 valence electrons. The van der Waals surface area contributed by atoms with E-state index in [1.165, 1.54) is 0 Å². The molecule has 0 aliphatic rings. The van der Waals surface area contributed by atoms with Crippen molar-refractivity contribution in [2.45, 2.75) is 13.5 Å². The second-order valence-electron chi connectivity index (χ2n) is 4.83. The van der Waals surface area contributed by atoms with Gasteiger partial charge >= 0.3 is 6.03 Å². The Kier molecular flexibility index (Phi) is 6.04. The number of urea groups is 1. The van der Waals surface area contributed by atoms with Crippen LogP contribution in [-0.2, 0) is 6.54 Å². The maximum atomic E-state index is 12.2. The summed E-state index contributed by atoms with van der Waals surface area (Å²) in [5, 5.41) is 3.49. The topological polar surface area (TPSA) is 32.3 Å². The highest BCUT2D eigenvalue weighted by atomic mass is 35.5. The van der Waals surface area contributed by atoms with Crippen molar-refractivity contribution in [1.29, 1.82) is 0 Å². The molecule has 0 saturated heterocycles. The summed E-state index contributed by atoms with van der Waals surface area (Å²) in [5.41, 5.74) is 2.09.